The monoisotopic (exact) mass is 253 g/mol. The molecule has 0 radical (unpaired) electrons. The Balaban J connectivity index is 2.93. The number of carbonyl (C=O) groups is 1. The lowest BCUT2D eigenvalue weighted by atomic mass is 9.94. The number of aliphatic hydroxyl groups is 2. The minimum Gasteiger partial charge on any atom is -0.469 e. The van der Waals surface area contributed by atoms with Crippen LogP contribution < -0.4 is 5.73 Å². The standard InChI is InChI=1S/C13H19NO4/c1-7-8(2)10(14)5-4-9(7)13(17)11(15)6-12(16)18-3/h4-5,11,13,15,17H,6,14H2,1-3H3. The van der Waals surface area contributed by atoms with Crippen molar-refractivity contribution >= 4 is 11.7 Å². The second-order valence-corrected chi connectivity index (χ2v) is 4.29. The Morgan fingerprint density at radius 2 is 1.94 bits per heavy atom. The molecule has 0 aliphatic heterocycles. The Kier molecular flexibility index (Phi) is 4.69. The molecule has 0 aliphatic rings. The van der Waals surface area contributed by atoms with E-state index in [9.17, 15) is 15.0 Å². The van der Waals surface area contributed by atoms with Crippen LogP contribution in [-0.4, -0.2) is 29.4 Å². The van der Waals surface area contributed by atoms with Crippen LogP contribution in [0.5, 0.6) is 0 Å². The number of hydrogen-bond donors (Lipinski definition) is 3. The van der Waals surface area contributed by atoms with Crippen molar-refractivity contribution in [2.45, 2.75) is 32.5 Å². The quantitative estimate of drug-likeness (QED) is 0.546. The SMILES string of the molecule is COC(=O)CC(O)C(O)c1ccc(N)c(C)c1C. The summed E-state index contributed by atoms with van der Waals surface area (Å²) in [6.45, 7) is 3.66. The zero-order chi connectivity index (χ0) is 13.9. The van der Waals surface area contributed by atoms with E-state index >= 15 is 0 Å². The summed E-state index contributed by atoms with van der Waals surface area (Å²) in [6, 6.07) is 3.33. The number of hydrogen-bond acceptors (Lipinski definition) is 5. The molecular formula is C13H19NO4. The molecule has 0 amide bonds. The molecule has 1 aromatic carbocycles. The van der Waals surface area contributed by atoms with Crippen molar-refractivity contribution < 1.29 is 19.7 Å². The summed E-state index contributed by atoms with van der Waals surface area (Å²) in [5.74, 6) is -0.564. The van der Waals surface area contributed by atoms with Crippen LogP contribution in [0.1, 0.15) is 29.2 Å². The Labute approximate surface area is 106 Å². The smallest absolute Gasteiger partial charge is 0.308 e. The zero-order valence-corrected chi connectivity index (χ0v) is 10.8. The van der Waals surface area contributed by atoms with Crippen molar-refractivity contribution in [1.29, 1.82) is 0 Å². The van der Waals surface area contributed by atoms with Gasteiger partial charge in [0.1, 0.15) is 6.10 Å². The van der Waals surface area contributed by atoms with Gasteiger partial charge in [0.15, 0.2) is 0 Å². The maximum atomic E-state index is 11.1. The van der Waals surface area contributed by atoms with E-state index in [2.05, 4.69) is 4.74 Å². The van der Waals surface area contributed by atoms with Crippen molar-refractivity contribution in [2.24, 2.45) is 0 Å². The van der Waals surface area contributed by atoms with Crippen molar-refractivity contribution in [3.05, 3.63) is 28.8 Å². The van der Waals surface area contributed by atoms with Crippen LogP contribution in [0, 0.1) is 13.8 Å². The molecule has 100 valence electrons. The number of methoxy groups -OCH3 is 1. The lowest BCUT2D eigenvalue weighted by Crippen LogP contribution is -2.23. The molecule has 0 aliphatic carbocycles. The molecule has 0 spiro atoms. The Morgan fingerprint density at radius 3 is 2.50 bits per heavy atom. The van der Waals surface area contributed by atoms with Gasteiger partial charge in [-0.05, 0) is 36.6 Å². The van der Waals surface area contributed by atoms with E-state index in [0.29, 0.717) is 11.3 Å². The summed E-state index contributed by atoms with van der Waals surface area (Å²) < 4.78 is 4.45. The number of nitrogen functional groups attached to an aromatic ring is 1. The Morgan fingerprint density at radius 1 is 1.33 bits per heavy atom. The van der Waals surface area contributed by atoms with Gasteiger partial charge in [0.2, 0.25) is 0 Å². The van der Waals surface area contributed by atoms with Crippen molar-refractivity contribution in [1.82, 2.24) is 0 Å². The number of nitrogens with two attached hydrogens (primary N) is 1. The van der Waals surface area contributed by atoms with Gasteiger partial charge < -0.3 is 20.7 Å². The first kappa shape index (κ1) is 14.5. The summed E-state index contributed by atoms with van der Waals surface area (Å²) in [5, 5.41) is 19.8. The first-order valence-electron chi connectivity index (χ1n) is 5.67. The van der Waals surface area contributed by atoms with Gasteiger partial charge in [-0.2, -0.15) is 0 Å². The highest BCUT2D eigenvalue weighted by molar-refractivity contribution is 5.69. The van der Waals surface area contributed by atoms with Crippen molar-refractivity contribution in [3.8, 4) is 0 Å². The molecule has 0 saturated carbocycles. The second-order valence-electron chi connectivity index (χ2n) is 4.29. The van der Waals surface area contributed by atoms with Crippen molar-refractivity contribution in [2.75, 3.05) is 12.8 Å². The molecule has 0 fully saturated rings. The molecule has 0 saturated heterocycles. The molecule has 4 N–H and O–H groups in total. The second kappa shape index (κ2) is 5.84. The Hall–Kier alpha value is -1.59. The third-order valence-corrected chi connectivity index (χ3v) is 3.16. The van der Waals surface area contributed by atoms with Crippen LogP contribution in [-0.2, 0) is 9.53 Å². The van der Waals surface area contributed by atoms with Crippen LogP contribution in [0.2, 0.25) is 0 Å². The van der Waals surface area contributed by atoms with E-state index in [1.165, 1.54) is 7.11 Å². The van der Waals surface area contributed by atoms with E-state index < -0.39 is 18.2 Å². The number of ether oxygens (including phenoxy) is 1. The van der Waals surface area contributed by atoms with Gasteiger partial charge >= 0.3 is 5.97 Å². The third-order valence-electron chi connectivity index (χ3n) is 3.16. The molecule has 18 heavy (non-hydrogen) atoms. The number of anilines is 1. The number of esters is 1. The molecule has 0 aromatic heterocycles. The lowest BCUT2D eigenvalue weighted by molar-refractivity contribution is -0.144. The first-order chi connectivity index (χ1) is 8.38. The van der Waals surface area contributed by atoms with Crippen LogP contribution in [0.3, 0.4) is 0 Å². The predicted octanol–water partition coefficient (Wildman–Crippen LogP) is 0.843. The van der Waals surface area contributed by atoms with Crippen LogP contribution in [0.15, 0.2) is 12.1 Å². The molecule has 5 heteroatoms. The molecule has 0 bridgehead atoms. The zero-order valence-electron chi connectivity index (χ0n) is 10.8. The van der Waals surface area contributed by atoms with Crippen molar-refractivity contribution in [3.63, 3.8) is 0 Å². The maximum Gasteiger partial charge on any atom is 0.308 e. The maximum absolute atomic E-state index is 11.1. The van der Waals surface area contributed by atoms with E-state index in [-0.39, 0.29) is 6.42 Å². The van der Waals surface area contributed by atoms with Gasteiger partial charge in [0.25, 0.3) is 0 Å². The molecule has 5 nitrogen and oxygen atoms in total. The van der Waals surface area contributed by atoms with Crippen LogP contribution in [0.25, 0.3) is 0 Å². The van der Waals surface area contributed by atoms with E-state index in [1.807, 2.05) is 13.8 Å². The largest absolute Gasteiger partial charge is 0.469 e. The summed E-state index contributed by atoms with van der Waals surface area (Å²) in [4.78, 5) is 11.1. The molecule has 2 atom stereocenters. The summed E-state index contributed by atoms with van der Waals surface area (Å²) in [5.41, 5.74) is 8.62. The normalized spacial score (nSPS) is 14.1. The first-order valence-corrected chi connectivity index (χ1v) is 5.67. The van der Waals surface area contributed by atoms with Gasteiger partial charge in [0.05, 0.1) is 19.6 Å². The summed E-state index contributed by atoms with van der Waals surface area (Å²) in [6.07, 6.45) is -2.58. The predicted molar refractivity (Wildman–Crippen MR) is 67.9 cm³/mol. The van der Waals surface area contributed by atoms with Crippen LogP contribution in [0.4, 0.5) is 5.69 Å². The summed E-state index contributed by atoms with van der Waals surface area (Å²) >= 11 is 0. The van der Waals surface area contributed by atoms with Gasteiger partial charge in [-0.15, -0.1) is 0 Å². The number of carbonyl (C=O) groups excluding carboxylic acids is 1. The van der Waals surface area contributed by atoms with E-state index in [1.54, 1.807) is 12.1 Å². The Bertz CT molecular complexity index is 445. The molecule has 0 heterocycles. The fourth-order valence-corrected chi connectivity index (χ4v) is 1.76. The molecule has 1 rings (SSSR count). The van der Waals surface area contributed by atoms with Gasteiger partial charge in [-0.25, -0.2) is 0 Å². The van der Waals surface area contributed by atoms with Crippen LogP contribution >= 0.6 is 0 Å². The molecular weight excluding hydrogens is 234 g/mol. The fraction of sp³-hybridized carbons (Fsp3) is 0.462. The highest BCUT2D eigenvalue weighted by atomic mass is 16.5. The van der Waals surface area contributed by atoms with Gasteiger partial charge in [-0.3, -0.25) is 4.79 Å². The third kappa shape index (κ3) is 3.00. The minimum atomic E-state index is -1.20. The number of rotatable bonds is 4. The van der Waals surface area contributed by atoms with Gasteiger partial charge in [0, 0.05) is 5.69 Å². The highest BCUT2D eigenvalue weighted by Crippen LogP contribution is 2.27. The minimum absolute atomic E-state index is 0.249. The average Bonchev–Trinajstić information content (AvgIpc) is 2.35. The lowest BCUT2D eigenvalue weighted by Gasteiger charge is -2.20. The molecule has 1 aromatic rings. The number of aliphatic hydroxyl groups excluding tert-OH is 2. The topological polar surface area (TPSA) is 92.8 Å². The average molecular weight is 253 g/mol. The van der Waals surface area contributed by atoms with Gasteiger partial charge in [-0.1, -0.05) is 6.07 Å². The number of benzene rings is 1. The fourth-order valence-electron chi connectivity index (χ4n) is 1.76. The molecule has 2 unspecified atom stereocenters. The van der Waals surface area contributed by atoms with E-state index in [0.717, 1.165) is 11.1 Å². The van der Waals surface area contributed by atoms with E-state index in [4.69, 9.17) is 5.73 Å². The highest BCUT2D eigenvalue weighted by Gasteiger charge is 2.23. The summed E-state index contributed by atoms with van der Waals surface area (Å²) in [7, 11) is 1.24.